The molecule has 0 spiro atoms. The highest BCUT2D eigenvalue weighted by atomic mass is 79.9. The van der Waals surface area contributed by atoms with Crippen molar-refractivity contribution in [3.8, 4) is 0 Å². The van der Waals surface area contributed by atoms with Crippen LogP contribution in [0, 0.1) is 5.82 Å². The summed E-state index contributed by atoms with van der Waals surface area (Å²) < 4.78 is 13.3. The molecule has 0 aliphatic rings. The summed E-state index contributed by atoms with van der Waals surface area (Å²) in [6, 6.07) is 4.33. The Bertz CT molecular complexity index is 346. The number of rotatable bonds is 3. The van der Waals surface area contributed by atoms with Gasteiger partial charge >= 0.3 is 0 Å². The molecule has 0 bridgehead atoms. The molecule has 0 heterocycles. The van der Waals surface area contributed by atoms with Gasteiger partial charge in [-0.3, -0.25) is 4.79 Å². The standard InChI is InChI=1S/C9H8BrClFNO/c10-4-5-13-9(14)6-2-1-3-7(11)8(6)12/h1-3H,4-5H2,(H,13,14). The van der Waals surface area contributed by atoms with Crippen LogP contribution in [0.1, 0.15) is 10.4 Å². The second-order valence-electron chi connectivity index (χ2n) is 2.55. The Morgan fingerprint density at radius 3 is 2.93 bits per heavy atom. The molecule has 0 atom stereocenters. The maximum Gasteiger partial charge on any atom is 0.254 e. The van der Waals surface area contributed by atoms with Gasteiger partial charge in [0.15, 0.2) is 5.82 Å². The lowest BCUT2D eigenvalue weighted by molar-refractivity contribution is 0.0952. The summed E-state index contributed by atoms with van der Waals surface area (Å²) in [6.07, 6.45) is 0. The monoisotopic (exact) mass is 279 g/mol. The number of hydrogen-bond acceptors (Lipinski definition) is 1. The summed E-state index contributed by atoms with van der Waals surface area (Å²) in [5, 5.41) is 3.11. The van der Waals surface area contributed by atoms with E-state index in [9.17, 15) is 9.18 Å². The molecule has 76 valence electrons. The van der Waals surface area contributed by atoms with Gasteiger partial charge in [-0.1, -0.05) is 33.6 Å². The number of nitrogens with one attached hydrogen (secondary N) is 1. The molecule has 0 fully saturated rings. The molecule has 14 heavy (non-hydrogen) atoms. The molecule has 1 rings (SSSR count). The zero-order chi connectivity index (χ0) is 10.6. The van der Waals surface area contributed by atoms with E-state index < -0.39 is 11.7 Å². The number of hydrogen-bond donors (Lipinski definition) is 1. The van der Waals surface area contributed by atoms with Crippen LogP contribution in [0.2, 0.25) is 5.02 Å². The summed E-state index contributed by atoms with van der Waals surface area (Å²) in [7, 11) is 0. The summed E-state index contributed by atoms with van der Waals surface area (Å²) in [5.74, 6) is -1.13. The fourth-order valence-electron chi connectivity index (χ4n) is 0.935. The van der Waals surface area contributed by atoms with Crippen molar-refractivity contribution in [2.75, 3.05) is 11.9 Å². The largest absolute Gasteiger partial charge is 0.351 e. The number of halogens is 3. The Kier molecular flexibility index (Phi) is 4.35. The lowest BCUT2D eigenvalue weighted by atomic mass is 10.2. The molecule has 0 unspecified atom stereocenters. The van der Waals surface area contributed by atoms with Crippen LogP contribution in [-0.4, -0.2) is 17.8 Å². The topological polar surface area (TPSA) is 29.1 Å². The number of carbonyl (C=O) groups is 1. The van der Waals surface area contributed by atoms with E-state index >= 15 is 0 Å². The highest BCUT2D eigenvalue weighted by Crippen LogP contribution is 2.17. The van der Waals surface area contributed by atoms with Crippen LogP contribution in [0.5, 0.6) is 0 Å². The van der Waals surface area contributed by atoms with Crippen LogP contribution in [0.15, 0.2) is 18.2 Å². The van der Waals surface area contributed by atoms with Crippen LogP contribution >= 0.6 is 27.5 Å². The van der Waals surface area contributed by atoms with Gasteiger partial charge in [0.2, 0.25) is 0 Å². The zero-order valence-electron chi connectivity index (χ0n) is 7.19. The first-order valence-electron chi connectivity index (χ1n) is 3.95. The van der Waals surface area contributed by atoms with E-state index in [1.165, 1.54) is 18.2 Å². The Morgan fingerprint density at radius 2 is 2.29 bits per heavy atom. The van der Waals surface area contributed by atoms with Crippen LogP contribution in [0.25, 0.3) is 0 Å². The molecule has 1 amide bonds. The summed E-state index contributed by atoms with van der Waals surface area (Å²) in [4.78, 5) is 11.3. The Labute approximate surface area is 94.6 Å². The van der Waals surface area contributed by atoms with E-state index in [0.717, 1.165) is 0 Å². The van der Waals surface area contributed by atoms with Crippen molar-refractivity contribution in [2.24, 2.45) is 0 Å². The average Bonchev–Trinajstić information content (AvgIpc) is 2.18. The van der Waals surface area contributed by atoms with E-state index in [0.29, 0.717) is 11.9 Å². The van der Waals surface area contributed by atoms with Crippen LogP contribution < -0.4 is 5.32 Å². The minimum atomic E-state index is -0.679. The first-order valence-corrected chi connectivity index (χ1v) is 5.45. The van der Waals surface area contributed by atoms with Gasteiger partial charge in [0.05, 0.1) is 10.6 Å². The molecule has 1 N–H and O–H groups in total. The fourth-order valence-corrected chi connectivity index (χ4v) is 1.31. The first-order chi connectivity index (χ1) is 6.66. The first kappa shape index (κ1) is 11.5. The lowest BCUT2D eigenvalue weighted by Crippen LogP contribution is -2.26. The van der Waals surface area contributed by atoms with E-state index in [1.807, 2.05) is 0 Å². The normalized spacial score (nSPS) is 9.93. The fraction of sp³-hybridized carbons (Fsp3) is 0.222. The molecule has 0 saturated heterocycles. The minimum absolute atomic E-state index is 0.0292. The quantitative estimate of drug-likeness (QED) is 0.847. The van der Waals surface area contributed by atoms with Crippen LogP contribution in [-0.2, 0) is 0 Å². The third-order valence-electron chi connectivity index (χ3n) is 1.58. The van der Waals surface area contributed by atoms with Crippen molar-refractivity contribution in [2.45, 2.75) is 0 Å². The molecule has 1 aromatic carbocycles. The second kappa shape index (κ2) is 5.32. The molecule has 0 radical (unpaired) electrons. The van der Waals surface area contributed by atoms with Gasteiger partial charge in [-0.25, -0.2) is 4.39 Å². The minimum Gasteiger partial charge on any atom is -0.351 e. The van der Waals surface area contributed by atoms with Crippen molar-refractivity contribution >= 4 is 33.4 Å². The predicted molar refractivity (Wildman–Crippen MR) is 57.5 cm³/mol. The van der Waals surface area contributed by atoms with Gasteiger partial charge in [0.25, 0.3) is 5.91 Å². The Hall–Kier alpha value is -0.610. The van der Waals surface area contributed by atoms with Gasteiger partial charge < -0.3 is 5.32 Å². The molecule has 0 aliphatic carbocycles. The molecule has 0 aliphatic heterocycles. The van der Waals surface area contributed by atoms with E-state index in [-0.39, 0.29) is 10.6 Å². The summed E-state index contributed by atoms with van der Waals surface area (Å²) >= 11 is 8.68. The number of alkyl halides is 1. The number of amides is 1. The maximum atomic E-state index is 13.3. The van der Waals surface area contributed by atoms with Crippen molar-refractivity contribution in [1.29, 1.82) is 0 Å². The van der Waals surface area contributed by atoms with E-state index in [4.69, 9.17) is 11.6 Å². The van der Waals surface area contributed by atoms with Crippen LogP contribution in [0.3, 0.4) is 0 Å². The smallest absolute Gasteiger partial charge is 0.254 e. The Balaban J connectivity index is 2.84. The highest BCUT2D eigenvalue weighted by molar-refractivity contribution is 9.09. The van der Waals surface area contributed by atoms with Crippen molar-refractivity contribution in [1.82, 2.24) is 5.32 Å². The van der Waals surface area contributed by atoms with E-state index in [1.54, 1.807) is 0 Å². The maximum absolute atomic E-state index is 13.3. The van der Waals surface area contributed by atoms with Crippen LogP contribution in [0.4, 0.5) is 4.39 Å². The van der Waals surface area contributed by atoms with Crippen molar-refractivity contribution < 1.29 is 9.18 Å². The van der Waals surface area contributed by atoms with Crippen molar-refractivity contribution in [3.05, 3.63) is 34.6 Å². The Morgan fingerprint density at radius 1 is 1.57 bits per heavy atom. The SMILES string of the molecule is O=C(NCCBr)c1cccc(Cl)c1F. The second-order valence-corrected chi connectivity index (χ2v) is 3.75. The molecule has 0 saturated carbocycles. The average molecular weight is 281 g/mol. The molecular formula is C9H8BrClFNO. The number of benzene rings is 1. The summed E-state index contributed by atoms with van der Waals surface area (Å²) in [5.41, 5.74) is -0.0292. The lowest BCUT2D eigenvalue weighted by Gasteiger charge is -2.04. The zero-order valence-corrected chi connectivity index (χ0v) is 9.53. The van der Waals surface area contributed by atoms with Gasteiger partial charge in [-0.2, -0.15) is 0 Å². The van der Waals surface area contributed by atoms with Gasteiger partial charge in [0, 0.05) is 11.9 Å². The highest BCUT2D eigenvalue weighted by Gasteiger charge is 2.12. The summed E-state index contributed by atoms with van der Waals surface area (Å²) in [6.45, 7) is 0.449. The molecule has 5 heteroatoms. The molecular weight excluding hydrogens is 272 g/mol. The molecule has 2 nitrogen and oxygen atoms in total. The predicted octanol–water partition coefficient (Wildman–Crippen LogP) is 2.60. The molecule has 1 aromatic rings. The van der Waals surface area contributed by atoms with E-state index in [2.05, 4.69) is 21.2 Å². The molecule has 0 aromatic heterocycles. The number of carbonyl (C=O) groups excluding carboxylic acids is 1. The van der Waals surface area contributed by atoms with Gasteiger partial charge in [0.1, 0.15) is 0 Å². The third kappa shape index (κ3) is 2.69. The third-order valence-corrected chi connectivity index (χ3v) is 2.26. The van der Waals surface area contributed by atoms with Crippen molar-refractivity contribution in [3.63, 3.8) is 0 Å². The van der Waals surface area contributed by atoms with Gasteiger partial charge in [-0.15, -0.1) is 0 Å². The van der Waals surface area contributed by atoms with Gasteiger partial charge in [-0.05, 0) is 12.1 Å².